The van der Waals surface area contributed by atoms with Crippen LogP contribution < -0.4 is 18.3 Å². The fourth-order valence-electron chi connectivity index (χ4n) is 10.00. The van der Waals surface area contributed by atoms with Crippen LogP contribution in [0.25, 0.3) is 79.0 Å². The highest BCUT2D eigenvalue weighted by Gasteiger charge is 2.23. The summed E-state index contributed by atoms with van der Waals surface area (Å²) < 4.78 is 8.81. The minimum atomic E-state index is 1.04. The summed E-state index contributed by atoms with van der Waals surface area (Å²) >= 11 is 0. The molecule has 4 heterocycles. The molecule has 2 aliphatic carbocycles. The van der Waals surface area contributed by atoms with Gasteiger partial charge in [0.25, 0.3) is 6.33 Å². The Morgan fingerprint density at radius 1 is 0.337 bits per heavy atom. The van der Waals surface area contributed by atoms with E-state index in [0.29, 0.717) is 0 Å². The van der Waals surface area contributed by atoms with Gasteiger partial charge in [0.2, 0.25) is 22.6 Å². The summed E-state index contributed by atoms with van der Waals surface area (Å²) in [6.45, 7) is 40.7. The molecule has 86 heavy (non-hydrogen) atoms. The third-order valence-corrected chi connectivity index (χ3v) is 13.8. The Kier molecular flexibility index (Phi) is 37.6. The molecule has 0 saturated carbocycles. The first-order valence-corrected chi connectivity index (χ1v) is 32.3. The molecule has 456 valence electrons. The largest absolute Gasteiger partial charge is 0.287 e. The monoisotopic (exact) mass is 1150 g/mol. The molecular formula is C81H111N5+4. The summed E-state index contributed by atoms with van der Waals surface area (Å²) in [6, 6.07) is 59.7. The molecule has 6 aromatic carbocycles. The van der Waals surface area contributed by atoms with Crippen LogP contribution in [0.15, 0.2) is 201 Å². The third kappa shape index (κ3) is 20.0. The van der Waals surface area contributed by atoms with Crippen molar-refractivity contribution >= 4 is 34.0 Å². The van der Waals surface area contributed by atoms with Crippen molar-refractivity contribution in [3.05, 3.63) is 245 Å². The summed E-state index contributed by atoms with van der Waals surface area (Å²) in [4.78, 5) is 4.46. The van der Waals surface area contributed by atoms with E-state index >= 15 is 0 Å². The van der Waals surface area contributed by atoms with E-state index in [2.05, 4.69) is 273 Å². The van der Waals surface area contributed by atoms with Gasteiger partial charge in [0.05, 0.1) is 12.4 Å². The van der Waals surface area contributed by atoms with Crippen molar-refractivity contribution < 1.29 is 18.3 Å². The lowest BCUT2D eigenvalue weighted by Crippen LogP contribution is -2.32. The number of hydrogen-bond acceptors (Lipinski definition) is 1. The topological polar surface area (TPSA) is 28.4 Å². The summed E-state index contributed by atoms with van der Waals surface area (Å²) in [6.07, 6.45) is 17.2. The first kappa shape index (κ1) is 75.9. The maximum atomic E-state index is 4.46. The van der Waals surface area contributed by atoms with E-state index in [1.165, 1.54) is 106 Å². The van der Waals surface area contributed by atoms with Gasteiger partial charge in [0.1, 0.15) is 26.8 Å². The average Bonchev–Trinajstić information content (AvgIpc) is 3.18. The van der Waals surface area contributed by atoms with Crippen LogP contribution in [0.5, 0.6) is 0 Å². The minimum Gasteiger partial charge on any atom is -0.232 e. The standard InChI is InChI=1S/C17H16N.C16H15N2.2C16H16N.8C2H6/c1-13-7-3-5-9-15(13)17-12-11-14-8-4-6-10-16(14)18(17)2;1-12-7-3-4-8-13(12)16-14-9-5-6-10-15(14)17-11-18(16)2;2*1-12-6-3-4-8-14(12)16-15-9-5-7-13(15)10-11-17(16)2;8*1-2/h3-12H,1-2H3;3-11H,1-2H3;2*3-8,10-11H,9H2,1-2H3;8*1-2H3/q4*+1;;;;;;;;. The molecule has 4 aromatic heterocycles. The van der Waals surface area contributed by atoms with Gasteiger partial charge in [-0.05, 0) is 121 Å². The first-order valence-electron chi connectivity index (χ1n) is 32.3. The Bertz CT molecular complexity index is 3490. The number of rotatable bonds is 4. The summed E-state index contributed by atoms with van der Waals surface area (Å²) in [7, 11) is 8.42. The van der Waals surface area contributed by atoms with E-state index in [1.807, 2.05) is 130 Å². The van der Waals surface area contributed by atoms with Crippen LogP contribution in [-0.4, -0.2) is 4.98 Å². The highest BCUT2D eigenvalue weighted by atomic mass is 15.0. The molecule has 0 saturated heterocycles. The smallest absolute Gasteiger partial charge is 0.232 e. The molecule has 0 radical (unpaired) electrons. The van der Waals surface area contributed by atoms with Crippen LogP contribution in [0, 0.1) is 27.7 Å². The molecular weight excluding hydrogens is 1040 g/mol. The molecule has 12 rings (SSSR count). The lowest BCUT2D eigenvalue weighted by atomic mass is 9.98. The van der Waals surface area contributed by atoms with Gasteiger partial charge in [-0.1, -0.05) is 238 Å². The number of fused-ring (bicyclic) bond motifs is 4. The van der Waals surface area contributed by atoms with Crippen molar-refractivity contribution in [2.24, 2.45) is 28.2 Å². The van der Waals surface area contributed by atoms with Crippen LogP contribution in [-0.2, 0) is 41.0 Å². The van der Waals surface area contributed by atoms with Gasteiger partial charge in [0.15, 0.2) is 17.9 Å². The number of aromatic nitrogens is 5. The van der Waals surface area contributed by atoms with Crippen molar-refractivity contribution in [2.45, 2.75) is 151 Å². The molecule has 0 bridgehead atoms. The van der Waals surface area contributed by atoms with E-state index in [4.69, 9.17) is 0 Å². The minimum absolute atomic E-state index is 1.04. The molecule has 0 N–H and O–H groups in total. The van der Waals surface area contributed by atoms with E-state index < -0.39 is 0 Å². The molecule has 0 unspecified atom stereocenters. The normalized spacial score (nSPS) is 10.1. The molecule has 10 aromatic rings. The summed E-state index contributed by atoms with van der Waals surface area (Å²) in [5, 5.41) is 2.47. The Hall–Kier alpha value is -8.15. The molecule has 0 spiro atoms. The lowest BCUT2D eigenvalue weighted by Gasteiger charge is -2.08. The summed E-state index contributed by atoms with van der Waals surface area (Å²) in [5.41, 5.74) is 23.6. The zero-order valence-electron chi connectivity index (χ0n) is 57.9. The third-order valence-electron chi connectivity index (χ3n) is 13.8. The van der Waals surface area contributed by atoms with Gasteiger partial charge in [-0.15, -0.1) is 0 Å². The second kappa shape index (κ2) is 42.6. The molecule has 0 atom stereocenters. The average molecular weight is 1150 g/mol. The number of para-hydroxylation sites is 2. The van der Waals surface area contributed by atoms with Crippen molar-refractivity contribution in [1.82, 2.24) is 4.98 Å². The number of benzene rings is 6. The second-order valence-corrected chi connectivity index (χ2v) is 18.4. The first-order chi connectivity index (χ1) is 42.1. The number of nitrogens with zero attached hydrogens (tertiary/aromatic N) is 5. The SMILES string of the molecule is CC.CC.CC.CC.CC.CC.CC.CC.Cc1ccccc1-c1c2c(cc[n+]1C)C=CC2.Cc1ccccc1-c1c2c(cc[n+]1C)C=CC2.Cc1ccccc1-c1c2ccccc2nc[n+]1C.Cc1ccccc1-c1ccc2ccccc2[n+]1C. The molecule has 0 amide bonds. The molecule has 0 fully saturated rings. The van der Waals surface area contributed by atoms with Crippen molar-refractivity contribution in [3.8, 4) is 45.0 Å². The van der Waals surface area contributed by atoms with Gasteiger partial charge in [-0.2, -0.15) is 4.57 Å². The Labute approximate surface area is 524 Å². The summed E-state index contributed by atoms with van der Waals surface area (Å²) in [5.74, 6) is 0. The van der Waals surface area contributed by atoms with Crippen LogP contribution in [0.1, 0.15) is 155 Å². The quantitative estimate of drug-likeness (QED) is 0.161. The fraction of sp³-hybridized carbons (Fsp3) is 0.321. The van der Waals surface area contributed by atoms with Gasteiger partial charge in [-0.25, -0.2) is 13.7 Å². The van der Waals surface area contributed by atoms with Crippen LogP contribution in [0.2, 0.25) is 0 Å². The fourth-order valence-corrected chi connectivity index (χ4v) is 10.00. The zero-order chi connectivity index (χ0) is 64.7. The predicted molar refractivity (Wildman–Crippen MR) is 380 cm³/mol. The molecule has 0 aliphatic heterocycles. The van der Waals surface area contributed by atoms with Gasteiger partial charge in [-0.3, -0.25) is 0 Å². The highest BCUT2D eigenvalue weighted by molar-refractivity contribution is 5.91. The molecule has 5 nitrogen and oxygen atoms in total. The maximum Gasteiger partial charge on any atom is 0.287 e. The van der Waals surface area contributed by atoms with Gasteiger partial charge in [0, 0.05) is 63.0 Å². The van der Waals surface area contributed by atoms with E-state index in [1.54, 1.807) is 0 Å². The maximum absolute atomic E-state index is 4.46. The second-order valence-electron chi connectivity index (χ2n) is 18.4. The Morgan fingerprint density at radius 3 is 1.13 bits per heavy atom. The Balaban J connectivity index is 0.000000531. The zero-order valence-corrected chi connectivity index (χ0v) is 57.9. The van der Waals surface area contributed by atoms with E-state index in [9.17, 15) is 0 Å². The molecule has 2 aliphatic rings. The van der Waals surface area contributed by atoms with Gasteiger partial charge >= 0.3 is 0 Å². The van der Waals surface area contributed by atoms with Crippen molar-refractivity contribution in [1.29, 1.82) is 0 Å². The van der Waals surface area contributed by atoms with Crippen LogP contribution in [0.4, 0.5) is 0 Å². The predicted octanol–water partition coefficient (Wildman–Crippen LogP) is 21.0. The number of aryl methyl sites for hydroxylation is 8. The van der Waals surface area contributed by atoms with Crippen molar-refractivity contribution in [3.63, 3.8) is 0 Å². The Morgan fingerprint density at radius 2 is 0.698 bits per heavy atom. The van der Waals surface area contributed by atoms with Crippen molar-refractivity contribution in [2.75, 3.05) is 0 Å². The number of allylic oxidation sites excluding steroid dienone is 2. The van der Waals surface area contributed by atoms with Crippen LogP contribution in [0.3, 0.4) is 0 Å². The van der Waals surface area contributed by atoms with Gasteiger partial charge < -0.3 is 0 Å². The number of hydrogen-bond donors (Lipinski definition) is 0. The lowest BCUT2D eigenvalue weighted by molar-refractivity contribution is -0.662. The molecule has 5 heteroatoms. The van der Waals surface area contributed by atoms with E-state index in [-0.39, 0.29) is 0 Å². The van der Waals surface area contributed by atoms with Crippen LogP contribution >= 0.6 is 0 Å². The highest BCUT2D eigenvalue weighted by Crippen LogP contribution is 2.32. The van der Waals surface area contributed by atoms with E-state index in [0.717, 1.165) is 18.4 Å². The number of pyridine rings is 3.